The van der Waals surface area contributed by atoms with Crippen molar-refractivity contribution in [1.82, 2.24) is 4.90 Å². The van der Waals surface area contributed by atoms with Crippen LogP contribution in [0.15, 0.2) is 46.9 Å². The Kier molecular flexibility index (Phi) is 4.90. The third-order valence-electron chi connectivity index (χ3n) is 4.17. The molecule has 1 aliphatic rings. The third-order valence-corrected chi connectivity index (χ3v) is 4.66. The van der Waals surface area contributed by atoms with E-state index >= 15 is 0 Å². The average Bonchev–Trinajstić information content (AvgIpc) is 2.70. The van der Waals surface area contributed by atoms with Crippen LogP contribution in [0.4, 0.5) is 10.1 Å². The number of halogens is 2. The van der Waals surface area contributed by atoms with E-state index in [2.05, 4.69) is 21.2 Å². The minimum Gasteiger partial charge on any atom is -0.324 e. The van der Waals surface area contributed by atoms with Gasteiger partial charge in [0.15, 0.2) is 0 Å². The maximum atomic E-state index is 13.4. The normalized spacial score (nSPS) is 17.1. The summed E-state index contributed by atoms with van der Waals surface area (Å²) in [6.07, 6.45) is 0. The SMILES string of the molecule is CC(C)C(=O)N1CC(=O)Nc2ccc(Br)cc2C1c1ccc(F)cc1. The third kappa shape index (κ3) is 3.58. The molecule has 6 heteroatoms. The van der Waals surface area contributed by atoms with Crippen LogP contribution in [0.25, 0.3) is 0 Å². The lowest BCUT2D eigenvalue weighted by molar-refractivity contribution is -0.139. The summed E-state index contributed by atoms with van der Waals surface area (Å²) < 4.78 is 14.2. The van der Waals surface area contributed by atoms with Gasteiger partial charge in [0.1, 0.15) is 12.4 Å². The molecule has 25 heavy (non-hydrogen) atoms. The van der Waals surface area contributed by atoms with Crippen molar-refractivity contribution in [2.75, 3.05) is 11.9 Å². The van der Waals surface area contributed by atoms with Crippen LogP contribution in [-0.2, 0) is 9.59 Å². The molecule has 4 nitrogen and oxygen atoms in total. The molecule has 0 saturated carbocycles. The smallest absolute Gasteiger partial charge is 0.244 e. The summed E-state index contributed by atoms with van der Waals surface area (Å²) in [6.45, 7) is 3.55. The molecule has 1 N–H and O–H groups in total. The zero-order valence-electron chi connectivity index (χ0n) is 13.9. The van der Waals surface area contributed by atoms with Crippen LogP contribution in [0, 0.1) is 11.7 Å². The summed E-state index contributed by atoms with van der Waals surface area (Å²) in [5.41, 5.74) is 2.20. The molecule has 0 spiro atoms. The first-order valence-corrected chi connectivity index (χ1v) is 8.81. The zero-order chi connectivity index (χ0) is 18.1. The van der Waals surface area contributed by atoms with Crippen molar-refractivity contribution < 1.29 is 14.0 Å². The van der Waals surface area contributed by atoms with Crippen molar-refractivity contribution in [1.29, 1.82) is 0 Å². The van der Waals surface area contributed by atoms with Crippen molar-refractivity contribution in [3.05, 3.63) is 63.9 Å². The molecule has 0 radical (unpaired) electrons. The van der Waals surface area contributed by atoms with Gasteiger partial charge in [0, 0.05) is 21.6 Å². The molecule has 0 aliphatic carbocycles. The van der Waals surface area contributed by atoms with Crippen molar-refractivity contribution in [2.24, 2.45) is 5.92 Å². The van der Waals surface area contributed by atoms with Crippen molar-refractivity contribution in [3.8, 4) is 0 Å². The van der Waals surface area contributed by atoms with Crippen molar-refractivity contribution >= 4 is 33.4 Å². The highest BCUT2D eigenvalue weighted by molar-refractivity contribution is 9.10. The molecule has 1 atom stereocenters. The van der Waals surface area contributed by atoms with E-state index in [4.69, 9.17) is 0 Å². The molecule has 2 aromatic carbocycles. The summed E-state index contributed by atoms with van der Waals surface area (Å²) in [5.74, 6) is -0.980. The van der Waals surface area contributed by atoms with Gasteiger partial charge in [-0.15, -0.1) is 0 Å². The van der Waals surface area contributed by atoms with Gasteiger partial charge in [0.25, 0.3) is 0 Å². The summed E-state index contributed by atoms with van der Waals surface area (Å²) >= 11 is 3.45. The van der Waals surface area contributed by atoms with Gasteiger partial charge >= 0.3 is 0 Å². The summed E-state index contributed by atoms with van der Waals surface area (Å²) in [6, 6.07) is 11.1. The van der Waals surface area contributed by atoms with Crippen LogP contribution in [0.1, 0.15) is 31.0 Å². The largest absolute Gasteiger partial charge is 0.324 e. The molecule has 2 aromatic rings. The van der Waals surface area contributed by atoms with E-state index in [0.717, 1.165) is 15.6 Å². The molecular formula is C19H18BrFN2O2. The van der Waals surface area contributed by atoms with Crippen LogP contribution >= 0.6 is 15.9 Å². The Morgan fingerprint density at radius 3 is 2.56 bits per heavy atom. The average molecular weight is 405 g/mol. The van der Waals surface area contributed by atoms with E-state index in [0.29, 0.717) is 5.69 Å². The maximum absolute atomic E-state index is 13.4. The minimum atomic E-state index is -0.470. The monoisotopic (exact) mass is 404 g/mol. The Hall–Kier alpha value is -2.21. The fourth-order valence-electron chi connectivity index (χ4n) is 3.02. The first-order valence-electron chi connectivity index (χ1n) is 8.02. The number of anilines is 1. The van der Waals surface area contributed by atoms with Gasteiger partial charge in [-0.25, -0.2) is 4.39 Å². The zero-order valence-corrected chi connectivity index (χ0v) is 15.5. The maximum Gasteiger partial charge on any atom is 0.244 e. The van der Waals surface area contributed by atoms with Gasteiger partial charge in [0.2, 0.25) is 11.8 Å². The van der Waals surface area contributed by atoms with Gasteiger partial charge < -0.3 is 10.2 Å². The van der Waals surface area contributed by atoms with Gasteiger partial charge in [-0.2, -0.15) is 0 Å². The number of fused-ring (bicyclic) bond motifs is 1. The standard InChI is InChI=1S/C19H18BrFN2O2/c1-11(2)19(25)23-10-17(24)22-16-8-5-13(20)9-15(16)18(23)12-3-6-14(21)7-4-12/h3-9,11,18H,10H2,1-2H3,(H,22,24). The lowest BCUT2D eigenvalue weighted by Crippen LogP contribution is -2.41. The van der Waals surface area contributed by atoms with E-state index in [9.17, 15) is 14.0 Å². The number of benzene rings is 2. The second kappa shape index (κ2) is 6.96. The quantitative estimate of drug-likeness (QED) is 0.818. The number of carbonyl (C=O) groups is 2. The molecule has 0 bridgehead atoms. The second-order valence-electron chi connectivity index (χ2n) is 6.35. The Bertz CT molecular complexity index is 821. The molecule has 0 saturated heterocycles. The number of hydrogen-bond donors (Lipinski definition) is 1. The molecule has 2 amide bonds. The van der Waals surface area contributed by atoms with Crippen LogP contribution < -0.4 is 5.32 Å². The van der Waals surface area contributed by atoms with Crippen LogP contribution in [0.2, 0.25) is 0 Å². The van der Waals surface area contributed by atoms with E-state index in [1.165, 1.54) is 12.1 Å². The van der Waals surface area contributed by atoms with Gasteiger partial charge in [0.05, 0.1) is 6.04 Å². The minimum absolute atomic E-state index is 0.0502. The predicted octanol–water partition coefficient (Wildman–Crippen LogP) is 4.11. The molecular weight excluding hydrogens is 387 g/mol. The highest BCUT2D eigenvalue weighted by Gasteiger charge is 2.34. The number of hydrogen-bond acceptors (Lipinski definition) is 2. The Morgan fingerprint density at radius 1 is 1.24 bits per heavy atom. The first kappa shape index (κ1) is 17.6. The van der Waals surface area contributed by atoms with Gasteiger partial charge in [-0.3, -0.25) is 9.59 Å². The van der Waals surface area contributed by atoms with Crippen LogP contribution in [-0.4, -0.2) is 23.3 Å². The van der Waals surface area contributed by atoms with Gasteiger partial charge in [-0.05, 0) is 35.9 Å². The summed E-state index contributed by atoms with van der Waals surface area (Å²) in [7, 11) is 0. The second-order valence-corrected chi connectivity index (χ2v) is 7.27. The van der Waals surface area contributed by atoms with Crippen LogP contribution in [0.3, 0.4) is 0 Å². The number of nitrogens with zero attached hydrogens (tertiary/aromatic N) is 1. The molecule has 1 aliphatic heterocycles. The van der Waals surface area contributed by atoms with E-state index < -0.39 is 6.04 Å². The molecule has 1 unspecified atom stereocenters. The van der Waals surface area contributed by atoms with Gasteiger partial charge in [-0.1, -0.05) is 41.9 Å². The first-order chi connectivity index (χ1) is 11.9. The summed E-state index contributed by atoms with van der Waals surface area (Å²) in [5, 5.41) is 2.86. The Balaban J connectivity index is 2.21. The number of rotatable bonds is 2. The van der Waals surface area contributed by atoms with E-state index in [1.807, 2.05) is 12.1 Å². The molecule has 1 heterocycles. The highest BCUT2D eigenvalue weighted by Crippen LogP contribution is 2.37. The van der Waals surface area contributed by atoms with E-state index in [1.54, 1.807) is 36.9 Å². The number of amides is 2. The highest BCUT2D eigenvalue weighted by atomic mass is 79.9. The molecule has 130 valence electrons. The number of carbonyl (C=O) groups excluding carboxylic acids is 2. The fraction of sp³-hybridized carbons (Fsp3) is 0.263. The molecule has 3 rings (SSSR count). The predicted molar refractivity (Wildman–Crippen MR) is 97.6 cm³/mol. The molecule has 0 fully saturated rings. The van der Waals surface area contributed by atoms with Crippen LogP contribution in [0.5, 0.6) is 0 Å². The fourth-order valence-corrected chi connectivity index (χ4v) is 3.40. The van der Waals surface area contributed by atoms with Crippen molar-refractivity contribution in [3.63, 3.8) is 0 Å². The van der Waals surface area contributed by atoms with Crippen molar-refractivity contribution in [2.45, 2.75) is 19.9 Å². The summed E-state index contributed by atoms with van der Waals surface area (Å²) in [4.78, 5) is 26.7. The Labute approximate surface area is 154 Å². The Morgan fingerprint density at radius 2 is 1.92 bits per heavy atom. The lowest BCUT2D eigenvalue weighted by Gasteiger charge is -2.32. The lowest BCUT2D eigenvalue weighted by atomic mass is 9.95. The molecule has 0 aromatic heterocycles. The topological polar surface area (TPSA) is 49.4 Å². The van der Waals surface area contributed by atoms with E-state index in [-0.39, 0.29) is 30.1 Å². The number of nitrogens with one attached hydrogen (secondary N) is 1.